The van der Waals surface area contributed by atoms with Crippen LogP contribution in [0.25, 0.3) is 0 Å². The number of nitrogen functional groups attached to an aromatic ring is 2. The zero-order chi connectivity index (χ0) is 6.85. The minimum Gasteiger partial charge on any atom is -1.00 e. The number of nitrogens with zero attached hydrogens (tertiary/aromatic N) is 2. The van der Waals surface area contributed by atoms with Crippen LogP contribution in [0, 0.1) is 0 Å². The molecule has 0 saturated carbocycles. The summed E-state index contributed by atoms with van der Waals surface area (Å²) < 4.78 is 3.03. The Morgan fingerprint density at radius 2 is 2.30 bits per heavy atom. The molecule has 0 atom stereocenters. The third-order valence-corrected chi connectivity index (χ3v) is 1.30. The van der Waals surface area contributed by atoms with Crippen LogP contribution in [-0.2, 0) is 6.42 Å². The molecule has 0 radical (unpaired) electrons. The molecular formula is C5H11ClN4. The number of hydrogen-bond donors (Lipinski definition) is 2. The maximum Gasteiger partial charge on any atom is 0.302 e. The molecule has 0 aromatic carbocycles. The lowest BCUT2D eigenvalue weighted by Crippen LogP contribution is -3.00. The summed E-state index contributed by atoms with van der Waals surface area (Å²) in [6, 6.07) is 0. The van der Waals surface area contributed by atoms with Crippen LogP contribution in [0.2, 0.25) is 0 Å². The van der Waals surface area contributed by atoms with E-state index in [1.54, 1.807) is 12.4 Å². The van der Waals surface area contributed by atoms with E-state index in [-0.39, 0.29) is 12.4 Å². The van der Waals surface area contributed by atoms with Gasteiger partial charge in [-0.15, -0.1) is 9.35 Å². The first-order valence-electron chi connectivity index (χ1n) is 2.87. The number of halogens is 1. The molecule has 0 amide bonds. The first-order valence-corrected chi connectivity index (χ1v) is 2.87. The lowest BCUT2D eigenvalue weighted by Gasteiger charge is -1.89. The van der Waals surface area contributed by atoms with Gasteiger partial charge in [0.1, 0.15) is 0 Å². The van der Waals surface area contributed by atoms with Crippen molar-refractivity contribution in [3.05, 3.63) is 18.2 Å². The highest BCUT2D eigenvalue weighted by Gasteiger charge is 2.08. The van der Waals surface area contributed by atoms with Crippen molar-refractivity contribution in [2.45, 2.75) is 13.3 Å². The van der Waals surface area contributed by atoms with E-state index in [0.717, 1.165) is 12.2 Å². The van der Waals surface area contributed by atoms with Gasteiger partial charge in [0.25, 0.3) is 0 Å². The van der Waals surface area contributed by atoms with Crippen LogP contribution in [-0.4, -0.2) is 4.68 Å². The van der Waals surface area contributed by atoms with Gasteiger partial charge in [-0.25, -0.2) is 0 Å². The van der Waals surface area contributed by atoms with Crippen LogP contribution < -0.4 is 28.8 Å². The molecule has 1 heterocycles. The average Bonchev–Trinajstić information content (AvgIpc) is 2.12. The molecule has 58 valence electrons. The molecule has 4 N–H and O–H groups in total. The molecule has 1 aromatic rings. The van der Waals surface area contributed by atoms with E-state index >= 15 is 0 Å². The summed E-state index contributed by atoms with van der Waals surface area (Å²) >= 11 is 0. The van der Waals surface area contributed by atoms with Gasteiger partial charge in [0.05, 0.1) is 6.42 Å². The fourth-order valence-corrected chi connectivity index (χ4v) is 0.814. The highest BCUT2D eigenvalue weighted by molar-refractivity contribution is 4.81. The van der Waals surface area contributed by atoms with E-state index < -0.39 is 0 Å². The Morgan fingerprint density at radius 3 is 2.50 bits per heavy atom. The van der Waals surface area contributed by atoms with E-state index in [4.69, 9.17) is 11.7 Å². The molecule has 0 aliphatic carbocycles. The van der Waals surface area contributed by atoms with Gasteiger partial charge in [0.15, 0.2) is 12.4 Å². The zero-order valence-corrected chi connectivity index (χ0v) is 6.54. The van der Waals surface area contributed by atoms with Crippen molar-refractivity contribution in [3.8, 4) is 0 Å². The molecule has 0 fully saturated rings. The molecule has 0 aliphatic heterocycles. The predicted molar refractivity (Wildman–Crippen MR) is 34.3 cm³/mol. The van der Waals surface area contributed by atoms with Crippen molar-refractivity contribution >= 4 is 0 Å². The quantitative estimate of drug-likeness (QED) is 0.325. The third kappa shape index (κ3) is 1.33. The Kier molecular flexibility index (Phi) is 3.02. The van der Waals surface area contributed by atoms with E-state index in [1.165, 1.54) is 9.35 Å². The van der Waals surface area contributed by atoms with Crippen molar-refractivity contribution in [1.82, 2.24) is 4.68 Å². The fourth-order valence-electron chi connectivity index (χ4n) is 0.814. The molecular weight excluding hydrogens is 152 g/mol. The molecule has 0 aliphatic rings. The Balaban J connectivity index is 0.000000810. The second kappa shape index (κ2) is 3.31. The highest BCUT2D eigenvalue weighted by atomic mass is 35.5. The predicted octanol–water partition coefficient (Wildman–Crippen LogP) is -4.23. The normalized spacial score (nSPS) is 8.90. The number of aromatic nitrogens is 2. The van der Waals surface area contributed by atoms with Gasteiger partial charge in [0.2, 0.25) is 0 Å². The summed E-state index contributed by atoms with van der Waals surface area (Å²) in [6.45, 7) is 2.00. The number of imidazole rings is 1. The van der Waals surface area contributed by atoms with Gasteiger partial charge < -0.3 is 12.4 Å². The number of nitrogens with two attached hydrogens (primary N) is 2. The van der Waals surface area contributed by atoms with Gasteiger partial charge in [0, 0.05) is 0 Å². The topological polar surface area (TPSA) is 60.8 Å². The SMILES string of the molecule is CCc1n(N)cc[n+]1N.[Cl-]. The zero-order valence-electron chi connectivity index (χ0n) is 5.79. The number of rotatable bonds is 1. The Bertz CT molecular complexity index is 188. The second-order valence-electron chi connectivity index (χ2n) is 1.88. The molecule has 0 spiro atoms. The van der Waals surface area contributed by atoms with Crippen LogP contribution in [0.5, 0.6) is 0 Å². The Hall–Kier alpha value is -0.900. The van der Waals surface area contributed by atoms with Crippen LogP contribution in [0.3, 0.4) is 0 Å². The van der Waals surface area contributed by atoms with Gasteiger partial charge in [-0.3, -0.25) is 11.7 Å². The van der Waals surface area contributed by atoms with Gasteiger partial charge in [-0.2, -0.15) is 0 Å². The first-order chi connectivity index (χ1) is 4.25. The van der Waals surface area contributed by atoms with Crippen LogP contribution in [0.15, 0.2) is 12.4 Å². The maximum atomic E-state index is 5.47. The van der Waals surface area contributed by atoms with Gasteiger partial charge >= 0.3 is 5.82 Å². The molecule has 1 aromatic heterocycles. The molecule has 1 rings (SSSR count). The molecule has 0 saturated heterocycles. The lowest BCUT2D eigenvalue weighted by molar-refractivity contribution is -0.646. The largest absolute Gasteiger partial charge is 1.00 e. The van der Waals surface area contributed by atoms with E-state index in [1.807, 2.05) is 6.92 Å². The summed E-state index contributed by atoms with van der Waals surface area (Å²) in [5.74, 6) is 11.8. The third-order valence-electron chi connectivity index (χ3n) is 1.30. The minimum absolute atomic E-state index is 0. The van der Waals surface area contributed by atoms with E-state index in [2.05, 4.69) is 0 Å². The summed E-state index contributed by atoms with van der Waals surface area (Å²) in [5.41, 5.74) is 0. The Labute approximate surface area is 65.8 Å². The molecule has 0 bridgehead atoms. The van der Waals surface area contributed by atoms with Crippen molar-refractivity contribution in [1.29, 1.82) is 0 Å². The summed E-state index contributed by atoms with van der Waals surface area (Å²) in [7, 11) is 0. The van der Waals surface area contributed by atoms with E-state index in [9.17, 15) is 0 Å². The maximum absolute atomic E-state index is 5.47. The average molecular weight is 163 g/mol. The van der Waals surface area contributed by atoms with E-state index in [0.29, 0.717) is 0 Å². The minimum atomic E-state index is 0. The van der Waals surface area contributed by atoms with Gasteiger partial charge in [-0.05, 0) is 0 Å². The summed E-state index contributed by atoms with van der Waals surface area (Å²) in [5, 5.41) is 0. The fraction of sp³-hybridized carbons (Fsp3) is 0.400. The standard InChI is InChI=1S/C5H11N4.ClH/c1-2-5-8(6)3-4-9(5)7;/h3-4H,2,6-7H2,1H3;1H/q+1;/p-1. The lowest BCUT2D eigenvalue weighted by atomic mass is 10.5. The first kappa shape index (κ1) is 9.10. The van der Waals surface area contributed by atoms with Crippen molar-refractivity contribution < 1.29 is 17.1 Å². The van der Waals surface area contributed by atoms with Crippen LogP contribution >= 0.6 is 0 Å². The molecule has 10 heavy (non-hydrogen) atoms. The summed E-state index contributed by atoms with van der Waals surface area (Å²) in [6.07, 6.45) is 4.29. The summed E-state index contributed by atoms with van der Waals surface area (Å²) in [4.78, 5) is 0. The monoisotopic (exact) mass is 162 g/mol. The molecule has 4 nitrogen and oxygen atoms in total. The van der Waals surface area contributed by atoms with Gasteiger partial charge in [-0.1, -0.05) is 6.92 Å². The molecule has 0 unspecified atom stereocenters. The van der Waals surface area contributed by atoms with Crippen molar-refractivity contribution in [2.24, 2.45) is 0 Å². The number of hydrogen-bond acceptors (Lipinski definition) is 2. The second-order valence-corrected chi connectivity index (χ2v) is 1.88. The van der Waals surface area contributed by atoms with Crippen molar-refractivity contribution in [2.75, 3.05) is 11.7 Å². The van der Waals surface area contributed by atoms with Crippen LogP contribution in [0.4, 0.5) is 0 Å². The van der Waals surface area contributed by atoms with Crippen molar-refractivity contribution in [3.63, 3.8) is 0 Å². The Morgan fingerprint density at radius 1 is 1.70 bits per heavy atom. The van der Waals surface area contributed by atoms with Crippen LogP contribution in [0.1, 0.15) is 12.7 Å². The smallest absolute Gasteiger partial charge is 0.302 e. The highest BCUT2D eigenvalue weighted by Crippen LogP contribution is 1.86. The molecule has 5 heteroatoms.